The summed E-state index contributed by atoms with van der Waals surface area (Å²) in [5.74, 6) is 1.07. The summed E-state index contributed by atoms with van der Waals surface area (Å²) in [7, 11) is 0. The number of halogens is 1. The van der Waals surface area contributed by atoms with E-state index in [4.69, 9.17) is 0 Å². The Bertz CT molecular complexity index is 354. The molecule has 1 aromatic rings. The molecule has 2 rings (SSSR count). The molecular formula is C11H16BrN3. The second-order valence-corrected chi connectivity index (χ2v) is 4.86. The number of piperazine rings is 1. The van der Waals surface area contributed by atoms with Gasteiger partial charge in [-0.15, -0.1) is 0 Å². The first-order valence-electron chi connectivity index (χ1n) is 5.28. The van der Waals surface area contributed by atoms with E-state index < -0.39 is 0 Å². The van der Waals surface area contributed by atoms with E-state index in [1.54, 1.807) is 0 Å². The van der Waals surface area contributed by atoms with Crippen LogP contribution in [0.1, 0.15) is 12.5 Å². The topological polar surface area (TPSA) is 28.2 Å². The molecule has 0 radical (unpaired) electrons. The fourth-order valence-electron chi connectivity index (χ4n) is 1.87. The summed E-state index contributed by atoms with van der Waals surface area (Å²) in [5, 5.41) is 3.43. The van der Waals surface area contributed by atoms with Crippen molar-refractivity contribution in [2.24, 2.45) is 0 Å². The summed E-state index contributed by atoms with van der Waals surface area (Å²) in [6.07, 6.45) is 1.88. The lowest BCUT2D eigenvalue weighted by atomic mass is 10.2. The Kier molecular flexibility index (Phi) is 3.26. The summed E-state index contributed by atoms with van der Waals surface area (Å²) in [4.78, 5) is 6.78. The normalized spacial score (nSPS) is 21.8. The quantitative estimate of drug-likeness (QED) is 0.845. The van der Waals surface area contributed by atoms with Crippen LogP contribution in [0.25, 0.3) is 0 Å². The lowest BCUT2D eigenvalue weighted by Crippen LogP contribution is -2.49. The second-order valence-electron chi connectivity index (χ2n) is 4.07. The third kappa shape index (κ3) is 2.32. The predicted octanol–water partition coefficient (Wildman–Crippen LogP) is 1.95. The van der Waals surface area contributed by atoms with Crippen molar-refractivity contribution in [3.63, 3.8) is 0 Å². The van der Waals surface area contributed by atoms with Gasteiger partial charge in [-0.25, -0.2) is 4.98 Å². The zero-order valence-corrected chi connectivity index (χ0v) is 10.7. The van der Waals surface area contributed by atoms with Crippen LogP contribution in [0.5, 0.6) is 0 Å². The smallest absolute Gasteiger partial charge is 0.143 e. The van der Waals surface area contributed by atoms with E-state index in [2.05, 4.69) is 45.0 Å². The minimum atomic E-state index is 0.535. The molecule has 0 saturated carbocycles. The monoisotopic (exact) mass is 269 g/mol. The standard InChI is InChI=1S/C11H16BrN3/c1-8-3-4-14-11(10(8)12)15-6-5-13-9(2)7-15/h3-4,9,13H,5-7H2,1-2H3/t9-/m1/s1. The lowest BCUT2D eigenvalue weighted by molar-refractivity contribution is 0.482. The van der Waals surface area contributed by atoms with Gasteiger partial charge in [-0.05, 0) is 41.4 Å². The fourth-order valence-corrected chi connectivity index (χ4v) is 2.36. The first-order valence-corrected chi connectivity index (χ1v) is 6.07. The Morgan fingerprint density at radius 1 is 1.60 bits per heavy atom. The van der Waals surface area contributed by atoms with Crippen LogP contribution in [0, 0.1) is 6.92 Å². The van der Waals surface area contributed by atoms with Crippen LogP contribution in [0.4, 0.5) is 5.82 Å². The summed E-state index contributed by atoms with van der Waals surface area (Å²) in [6.45, 7) is 7.38. The van der Waals surface area contributed by atoms with Gasteiger partial charge in [0.2, 0.25) is 0 Å². The van der Waals surface area contributed by atoms with Crippen LogP contribution >= 0.6 is 15.9 Å². The third-order valence-electron chi connectivity index (χ3n) is 2.73. The van der Waals surface area contributed by atoms with E-state index >= 15 is 0 Å². The number of anilines is 1. The molecule has 0 unspecified atom stereocenters. The molecule has 4 heteroatoms. The van der Waals surface area contributed by atoms with Crippen LogP contribution in [0.3, 0.4) is 0 Å². The number of hydrogen-bond acceptors (Lipinski definition) is 3. The maximum Gasteiger partial charge on any atom is 0.143 e. The highest BCUT2D eigenvalue weighted by Gasteiger charge is 2.19. The average Bonchev–Trinajstić information content (AvgIpc) is 2.22. The maximum absolute atomic E-state index is 4.45. The molecule has 1 aromatic heterocycles. The van der Waals surface area contributed by atoms with Crippen molar-refractivity contribution in [1.82, 2.24) is 10.3 Å². The van der Waals surface area contributed by atoms with Gasteiger partial charge in [-0.1, -0.05) is 0 Å². The number of nitrogens with one attached hydrogen (secondary N) is 1. The van der Waals surface area contributed by atoms with E-state index in [1.807, 2.05) is 12.3 Å². The first kappa shape index (κ1) is 10.9. The molecule has 0 amide bonds. The Hall–Kier alpha value is -0.610. The Labute approximate surface area is 99.0 Å². The molecule has 2 heterocycles. The first-order chi connectivity index (χ1) is 7.18. The number of aryl methyl sites for hydroxylation is 1. The van der Waals surface area contributed by atoms with Gasteiger partial charge in [-0.3, -0.25) is 0 Å². The van der Waals surface area contributed by atoms with Crippen molar-refractivity contribution in [3.05, 3.63) is 22.3 Å². The number of aromatic nitrogens is 1. The average molecular weight is 270 g/mol. The minimum Gasteiger partial charge on any atom is -0.353 e. The van der Waals surface area contributed by atoms with Gasteiger partial charge >= 0.3 is 0 Å². The molecule has 0 spiro atoms. The van der Waals surface area contributed by atoms with E-state index in [9.17, 15) is 0 Å². The van der Waals surface area contributed by atoms with Crippen LogP contribution in [-0.4, -0.2) is 30.7 Å². The lowest BCUT2D eigenvalue weighted by Gasteiger charge is -2.33. The van der Waals surface area contributed by atoms with E-state index in [0.29, 0.717) is 6.04 Å². The summed E-state index contributed by atoms with van der Waals surface area (Å²) in [6, 6.07) is 2.56. The molecule has 1 aliphatic rings. The molecule has 1 N–H and O–H groups in total. The number of rotatable bonds is 1. The number of nitrogens with zero attached hydrogens (tertiary/aromatic N) is 2. The molecule has 82 valence electrons. The summed E-state index contributed by atoms with van der Waals surface area (Å²) in [5.41, 5.74) is 1.24. The molecule has 1 fully saturated rings. The molecule has 0 aromatic carbocycles. The second kappa shape index (κ2) is 4.49. The highest BCUT2D eigenvalue weighted by atomic mass is 79.9. The fraction of sp³-hybridized carbons (Fsp3) is 0.545. The van der Waals surface area contributed by atoms with Crippen LogP contribution < -0.4 is 10.2 Å². The van der Waals surface area contributed by atoms with Crippen molar-refractivity contribution in [2.45, 2.75) is 19.9 Å². The van der Waals surface area contributed by atoms with Crippen LogP contribution in [0.15, 0.2) is 16.7 Å². The predicted molar refractivity (Wildman–Crippen MR) is 66.4 cm³/mol. The SMILES string of the molecule is Cc1ccnc(N2CCN[C@H](C)C2)c1Br. The molecule has 3 nitrogen and oxygen atoms in total. The van der Waals surface area contributed by atoms with Crippen molar-refractivity contribution >= 4 is 21.7 Å². The van der Waals surface area contributed by atoms with Crippen molar-refractivity contribution in [1.29, 1.82) is 0 Å². The zero-order chi connectivity index (χ0) is 10.8. The molecule has 1 atom stereocenters. The Morgan fingerprint density at radius 2 is 2.40 bits per heavy atom. The van der Waals surface area contributed by atoms with Gasteiger partial charge < -0.3 is 10.2 Å². The Morgan fingerprint density at radius 3 is 3.13 bits per heavy atom. The minimum absolute atomic E-state index is 0.535. The van der Waals surface area contributed by atoms with Gasteiger partial charge in [0.25, 0.3) is 0 Å². The van der Waals surface area contributed by atoms with E-state index in [-0.39, 0.29) is 0 Å². The molecule has 1 aliphatic heterocycles. The number of pyridine rings is 1. The summed E-state index contributed by atoms with van der Waals surface area (Å²) >= 11 is 3.61. The maximum atomic E-state index is 4.45. The van der Waals surface area contributed by atoms with Crippen molar-refractivity contribution in [2.75, 3.05) is 24.5 Å². The van der Waals surface area contributed by atoms with Crippen LogP contribution in [-0.2, 0) is 0 Å². The largest absolute Gasteiger partial charge is 0.353 e. The van der Waals surface area contributed by atoms with Crippen molar-refractivity contribution in [3.8, 4) is 0 Å². The van der Waals surface area contributed by atoms with Crippen LogP contribution in [0.2, 0.25) is 0 Å². The molecule has 15 heavy (non-hydrogen) atoms. The molecule has 0 bridgehead atoms. The highest BCUT2D eigenvalue weighted by Crippen LogP contribution is 2.27. The molecule has 0 aliphatic carbocycles. The third-order valence-corrected chi connectivity index (χ3v) is 3.71. The van der Waals surface area contributed by atoms with Gasteiger partial charge in [-0.2, -0.15) is 0 Å². The zero-order valence-electron chi connectivity index (χ0n) is 9.13. The van der Waals surface area contributed by atoms with Gasteiger partial charge in [0.15, 0.2) is 0 Å². The summed E-state index contributed by atoms with van der Waals surface area (Å²) < 4.78 is 1.12. The Balaban J connectivity index is 2.24. The van der Waals surface area contributed by atoms with E-state index in [0.717, 1.165) is 29.9 Å². The van der Waals surface area contributed by atoms with Gasteiger partial charge in [0.05, 0.1) is 4.47 Å². The van der Waals surface area contributed by atoms with Crippen molar-refractivity contribution < 1.29 is 0 Å². The van der Waals surface area contributed by atoms with Gasteiger partial charge in [0.1, 0.15) is 5.82 Å². The highest BCUT2D eigenvalue weighted by molar-refractivity contribution is 9.10. The molecular weight excluding hydrogens is 254 g/mol. The van der Waals surface area contributed by atoms with E-state index in [1.165, 1.54) is 5.56 Å². The van der Waals surface area contributed by atoms with Gasteiger partial charge in [0, 0.05) is 31.9 Å². The number of hydrogen-bond donors (Lipinski definition) is 1. The molecule has 1 saturated heterocycles.